The van der Waals surface area contributed by atoms with E-state index in [4.69, 9.17) is 52.5 Å². The minimum atomic E-state index is -0.922. The minimum Gasteiger partial charge on any atom is -0.481 e. The molecule has 4 fully saturated rings. The molecule has 0 spiro atoms. The standard InChI is InChI=1S/C28H40BrNO6.C18H24BrNO5.C15H26O4.C13H16BrNO3.C11H19NO5/c1-6-7-8-9-10-11-21(16-25(31)36-28(2,3)4)26(32)30-18-23(17-24(30)27(33)34-5)35-19-20-12-14-22(29)15-13-20;1-18(2,3)25-17(22)20-10-14(9-15(20)16(21)23-4)24-11-12-5-7-13(19)8-6-12;1-5-6-7-8-9-10-12(14(17)18)11-13(16)19-15(2,3)4;1-17-13(16)12-6-11(7-15-12)18-8-9-2-4-10(14)5-3-9;1-11(2,3)17-10(15)12-6-7(13)5-8(12)9(14)16-4/h6,12-15,21,23-24H,1,7-11,16-19H2,2-5H3;5-8,14-15H,9-11H2,1-4H3;5,12H,1,6-11H2,2-4H3,(H,17,18);2-5,11-12,15H,6-8H2,1H3;7-8,13H,5-6H2,1-4H3/t21-,23+,24+;14-,15-;12-;11-,12-;7-,8-/m10100/s1. The number of methoxy groups -OCH3 is 4. The van der Waals surface area contributed by atoms with Gasteiger partial charge in [-0.15, -0.1) is 13.2 Å². The SMILES string of the molecule is C=CCCCCC[C@H](CC(=O)OC(C)(C)C)C(=O)N1C[C@@H](OCc2ccc(Br)cc2)C[C@H]1C(=O)OC.C=CCCCCC[C@H](CC(=O)OC(C)(C)C)C(=O)O.COC(=O)[C@@H]1C[C@H](O)CN1C(=O)OC(C)(C)C.COC(=O)[C@@H]1C[C@H](OCc2ccc(Br)cc2)CN1.COC(=O)[C@@H]1C[C@H](OCc2ccc(Br)cc2)CN1C(=O)OC(C)(C)C. The Bertz CT molecular complexity index is 3540. The number of carbonyl (C=O) groups is 10. The molecule has 4 heterocycles. The van der Waals surface area contributed by atoms with E-state index in [0.29, 0.717) is 65.0 Å². The van der Waals surface area contributed by atoms with E-state index in [1.165, 1.54) is 43.1 Å². The number of aliphatic hydroxyl groups excluding tert-OH is 1. The topological polar surface area (TPSA) is 334 Å². The highest BCUT2D eigenvalue weighted by Gasteiger charge is 2.46. The summed E-state index contributed by atoms with van der Waals surface area (Å²) < 4.78 is 61.1. The summed E-state index contributed by atoms with van der Waals surface area (Å²) in [6, 6.07) is 21.2. The molecule has 4 saturated heterocycles. The van der Waals surface area contributed by atoms with Crippen molar-refractivity contribution in [1.29, 1.82) is 0 Å². The van der Waals surface area contributed by atoms with Crippen LogP contribution < -0.4 is 5.32 Å². The largest absolute Gasteiger partial charge is 0.481 e. The maximum absolute atomic E-state index is 13.7. The third-order valence-electron chi connectivity index (χ3n) is 17.8. The van der Waals surface area contributed by atoms with Crippen molar-refractivity contribution in [2.24, 2.45) is 11.8 Å². The van der Waals surface area contributed by atoms with E-state index in [2.05, 4.69) is 71.0 Å². The third-order valence-corrected chi connectivity index (χ3v) is 19.4. The van der Waals surface area contributed by atoms with E-state index in [1.54, 1.807) is 83.1 Å². The number of carboxylic acids is 1. The van der Waals surface area contributed by atoms with Gasteiger partial charge < -0.3 is 72.5 Å². The summed E-state index contributed by atoms with van der Waals surface area (Å²) in [6.45, 7) is 31.4. The van der Waals surface area contributed by atoms with Gasteiger partial charge >= 0.3 is 54.0 Å². The molecule has 0 saturated carbocycles. The molecule has 644 valence electrons. The lowest BCUT2D eigenvalue weighted by Gasteiger charge is -2.28. The molecule has 3 aromatic rings. The van der Waals surface area contributed by atoms with Gasteiger partial charge in [0.15, 0.2) is 0 Å². The molecule has 0 bridgehead atoms. The molecule has 27 nitrogen and oxygen atoms in total. The number of esters is 6. The highest BCUT2D eigenvalue weighted by Crippen LogP contribution is 2.31. The number of aliphatic carboxylic acids is 1. The van der Waals surface area contributed by atoms with Crippen molar-refractivity contribution in [2.45, 2.75) is 277 Å². The number of rotatable bonds is 31. The Labute approximate surface area is 705 Å². The number of unbranched alkanes of at least 4 members (excludes halogenated alkanes) is 6. The molecule has 3 N–H and O–H groups in total. The number of amides is 3. The second-order valence-corrected chi connectivity index (χ2v) is 35.0. The number of ether oxygens (including phenoxy) is 11. The molecular weight excluding hydrogens is 1680 g/mol. The van der Waals surface area contributed by atoms with Crippen LogP contribution in [0.4, 0.5) is 9.59 Å². The van der Waals surface area contributed by atoms with E-state index in [1.807, 2.05) is 84.9 Å². The predicted molar refractivity (Wildman–Crippen MR) is 444 cm³/mol. The number of allylic oxidation sites excluding steroid dienone is 2. The van der Waals surface area contributed by atoms with Gasteiger partial charge in [0, 0.05) is 58.1 Å². The lowest BCUT2D eigenvalue weighted by molar-refractivity contribution is -0.160. The van der Waals surface area contributed by atoms with Crippen LogP contribution in [0.2, 0.25) is 0 Å². The zero-order valence-corrected chi connectivity index (χ0v) is 74.7. The Morgan fingerprint density at radius 2 is 0.791 bits per heavy atom. The maximum atomic E-state index is 13.7. The van der Waals surface area contributed by atoms with Crippen LogP contribution in [-0.2, 0) is 110 Å². The Morgan fingerprint density at radius 3 is 1.16 bits per heavy atom. The maximum Gasteiger partial charge on any atom is 0.411 e. The van der Waals surface area contributed by atoms with Crippen molar-refractivity contribution in [1.82, 2.24) is 20.0 Å². The summed E-state index contributed by atoms with van der Waals surface area (Å²) in [7, 11) is 5.28. The molecule has 10 atom stereocenters. The lowest BCUT2D eigenvalue weighted by Crippen LogP contribution is -2.45. The van der Waals surface area contributed by atoms with E-state index in [9.17, 15) is 53.1 Å². The monoisotopic (exact) mass is 1810 g/mol. The van der Waals surface area contributed by atoms with Crippen LogP contribution in [0.3, 0.4) is 0 Å². The summed E-state index contributed by atoms with van der Waals surface area (Å²) in [5, 5.41) is 21.7. The van der Waals surface area contributed by atoms with Crippen LogP contribution in [0.15, 0.2) is 112 Å². The van der Waals surface area contributed by atoms with Gasteiger partial charge in [0.25, 0.3) is 0 Å². The summed E-state index contributed by atoms with van der Waals surface area (Å²) in [5.41, 5.74) is 0.680. The van der Waals surface area contributed by atoms with Crippen LogP contribution in [-0.4, -0.2) is 210 Å². The smallest absolute Gasteiger partial charge is 0.411 e. The number of likely N-dealkylation sites (tertiary alicyclic amines) is 3. The van der Waals surface area contributed by atoms with Gasteiger partial charge in [-0.3, -0.25) is 33.8 Å². The second kappa shape index (κ2) is 51.1. The van der Waals surface area contributed by atoms with Gasteiger partial charge in [0.1, 0.15) is 46.6 Å². The minimum absolute atomic E-state index is 0.0215. The zero-order chi connectivity index (χ0) is 86.4. The first kappa shape index (κ1) is 102. The number of benzene rings is 3. The molecule has 0 unspecified atom stereocenters. The predicted octanol–water partition coefficient (Wildman–Crippen LogP) is 15.1. The molecule has 4 aliphatic rings. The Morgan fingerprint density at radius 1 is 0.452 bits per heavy atom. The molecule has 4 aliphatic heterocycles. The highest BCUT2D eigenvalue weighted by molar-refractivity contribution is 9.11. The van der Waals surface area contributed by atoms with Gasteiger partial charge in [-0.25, -0.2) is 24.0 Å². The molecule has 0 radical (unpaired) electrons. The van der Waals surface area contributed by atoms with Crippen molar-refractivity contribution in [3.8, 4) is 0 Å². The summed E-state index contributed by atoms with van der Waals surface area (Å²) in [5.74, 6) is -4.89. The van der Waals surface area contributed by atoms with Gasteiger partial charge in [-0.1, -0.05) is 122 Å². The summed E-state index contributed by atoms with van der Waals surface area (Å²) in [6.07, 6.45) is 11.4. The Kier molecular flexibility index (Phi) is 45.3. The molecule has 30 heteroatoms. The van der Waals surface area contributed by atoms with Crippen molar-refractivity contribution >= 4 is 108 Å². The number of nitrogens with one attached hydrogen (secondary N) is 1. The molecule has 3 aromatic carbocycles. The quantitative estimate of drug-likeness (QED) is 0.0233. The highest BCUT2D eigenvalue weighted by atomic mass is 79.9. The fraction of sp³-hybridized carbons (Fsp3) is 0.624. The van der Waals surface area contributed by atoms with Gasteiger partial charge in [0.2, 0.25) is 5.91 Å². The summed E-state index contributed by atoms with van der Waals surface area (Å²) >= 11 is 10.2. The third kappa shape index (κ3) is 41.1. The molecule has 3 amide bonds. The van der Waals surface area contributed by atoms with Crippen LogP contribution >= 0.6 is 47.8 Å². The normalized spacial score (nSPS) is 19.6. The number of halogens is 3. The first-order valence-corrected chi connectivity index (χ1v) is 41.3. The number of nitrogens with zero attached hydrogens (tertiary/aromatic N) is 3. The Balaban J connectivity index is 0.000000384. The van der Waals surface area contributed by atoms with Gasteiger partial charge in [0.05, 0.1) is 105 Å². The lowest BCUT2D eigenvalue weighted by atomic mass is 9.95. The van der Waals surface area contributed by atoms with Crippen LogP contribution in [0, 0.1) is 11.8 Å². The molecular formula is C85H125Br3N4O23. The number of hydrogen-bond donors (Lipinski definition) is 3. The van der Waals surface area contributed by atoms with Crippen molar-refractivity contribution in [3.63, 3.8) is 0 Å². The van der Waals surface area contributed by atoms with E-state index in [-0.39, 0.29) is 68.6 Å². The average Bonchev–Trinajstić information content (AvgIpc) is 1.68. The van der Waals surface area contributed by atoms with Crippen molar-refractivity contribution in [2.75, 3.05) is 54.6 Å². The number of carboxylic acid groups (broad SMARTS) is 1. The van der Waals surface area contributed by atoms with Crippen molar-refractivity contribution in [3.05, 3.63) is 128 Å². The first-order chi connectivity index (χ1) is 53.9. The van der Waals surface area contributed by atoms with E-state index < -0.39 is 106 Å². The number of hydrogen-bond acceptors (Lipinski definition) is 23. The number of β-amino-alcohol motifs (C(OH)–C–C–N with tert-alkyl or cyclic N) is 1. The zero-order valence-electron chi connectivity index (χ0n) is 70.0. The van der Waals surface area contributed by atoms with Crippen LogP contribution in [0.5, 0.6) is 0 Å². The average molecular weight is 1810 g/mol. The Hall–Kier alpha value is -7.32. The first-order valence-electron chi connectivity index (χ1n) is 38.9. The molecule has 115 heavy (non-hydrogen) atoms. The van der Waals surface area contributed by atoms with Crippen LogP contribution in [0.25, 0.3) is 0 Å². The van der Waals surface area contributed by atoms with Gasteiger partial charge in [-0.05, 0) is 175 Å². The molecule has 7 rings (SSSR count). The second-order valence-electron chi connectivity index (χ2n) is 32.3. The number of aliphatic hydroxyl groups is 1. The van der Waals surface area contributed by atoms with Gasteiger partial charge in [-0.2, -0.15) is 0 Å². The molecule has 0 aliphatic carbocycles. The summed E-state index contributed by atoms with van der Waals surface area (Å²) in [4.78, 5) is 125. The van der Waals surface area contributed by atoms with E-state index in [0.717, 1.165) is 81.5 Å². The van der Waals surface area contributed by atoms with E-state index >= 15 is 0 Å². The van der Waals surface area contributed by atoms with Crippen molar-refractivity contribution < 1.29 is 110 Å². The molecule has 0 aromatic heterocycles. The fourth-order valence-corrected chi connectivity index (χ4v) is 13.1. The fourth-order valence-electron chi connectivity index (χ4n) is 12.3. The number of carbonyl (C=O) groups excluding carboxylic acids is 9. The van der Waals surface area contributed by atoms with Crippen LogP contribution in [0.1, 0.15) is 203 Å².